The highest BCUT2D eigenvalue weighted by molar-refractivity contribution is 8.18. The summed E-state index contributed by atoms with van der Waals surface area (Å²) in [4.78, 5) is 24.4. The Kier molecular flexibility index (Phi) is 4.50. The van der Waals surface area contributed by atoms with Crippen molar-refractivity contribution in [3.05, 3.63) is 64.5 Å². The topological polar surface area (TPSA) is 45.6 Å². The molecule has 4 nitrogen and oxygen atoms in total. The number of amidine groups is 1. The van der Waals surface area contributed by atoms with E-state index < -0.39 is 0 Å². The Labute approximate surface area is 136 Å². The zero-order valence-electron chi connectivity index (χ0n) is 11.7. The van der Waals surface area contributed by atoms with Crippen molar-refractivity contribution < 1.29 is 4.79 Å². The maximum absolute atomic E-state index is 12.5. The molecule has 1 amide bonds. The van der Waals surface area contributed by atoms with Crippen LogP contribution in [0.5, 0.6) is 0 Å². The van der Waals surface area contributed by atoms with Gasteiger partial charge in [0, 0.05) is 17.6 Å². The standard InChI is InChI=1S/C16H13N3OS2/c1-2-8-19-15(20)14(10-13-6-4-9-21-13)22-16(19)18-12-5-3-7-17-11-12/h2-7,9-11H,1,8H2/b14-10+,18-16?. The van der Waals surface area contributed by atoms with E-state index in [2.05, 4.69) is 16.6 Å². The van der Waals surface area contributed by atoms with E-state index >= 15 is 0 Å². The number of aromatic nitrogens is 1. The van der Waals surface area contributed by atoms with Crippen molar-refractivity contribution in [1.82, 2.24) is 9.88 Å². The molecule has 0 atom stereocenters. The van der Waals surface area contributed by atoms with Crippen LogP contribution in [0.25, 0.3) is 6.08 Å². The molecule has 0 saturated carbocycles. The van der Waals surface area contributed by atoms with Gasteiger partial charge < -0.3 is 0 Å². The second-order valence-electron chi connectivity index (χ2n) is 4.44. The normalized spacial score (nSPS) is 18.4. The van der Waals surface area contributed by atoms with E-state index in [0.29, 0.717) is 16.6 Å². The minimum Gasteiger partial charge on any atom is -0.283 e. The van der Waals surface area contributed by atoms with Crippen LogP contribution in [0.15, 0.2) is 64.6 Å². The summed E-state index contributed by atoms with van der Waals surface area (Å²) < 4.78 is 0. The van der Waals surface area contributed by atoms with Gasteiger partial charge in [-0.2, -0.15) is 0 Å². The van der Waals surface area contributed by atoms with Crippen LogP contribution in [0.1, 0.15) is 4.88 Å². The van der Waals surface area contributed by atoms with E-state index in [-0.39, 0.29) is 5.91 Å². The van der Waals surface area contributed by atoms with Gasteiger partial charge in [-0.15, -0.1) is 17.9 Å². The van der Waals surface area contributed by atoms with Crippen molar-refractivity contribution in [3.8, 4) is 0 Å². The van der Waals surface area contributed by atoms with Crippen LogP contribution in [0.4, 0.5) is 5.69 Å². The molecule has 0 radical (unpaired) electrons. The first-order chi connectivity index (χ1) is 10.8. The molecule has 0 spiro atoms. The molecule has 3 rings (SSSR count). The van der Waals surface area contributed by atoms with Gasteiger partial charge in [-0.1, -0.05) is 12.1 Å². The summed E-state index contributed by atoms with van der Waals surface area (Å²) >= 11 is 2.98. The molecule has 0 aliphatic carbocycles. The number of amides is 1. The Morgan fingerprint density at radius 2 is 2.27 bits per heavy atom. The van der Waals surface area contributed by atoms with Crippen LogP contribution in [0.2, 0.25) is 0 Å². The predicted molar refractivity (Wildman–Crippen MR) is 93.1 cm³/mol. The summed E-state index contributed by atoms with van der Waals surface area (Å²) in [6, 6.07) is 7.63. The zero-order valence-corrected chi connectivity index (χ0v) is 13.3. The van der Waals surface area contributed by atoms with Crippen molar-refractivity contribution in [2.75, 3.05) is 6.54 Å². The highest BCUT2D eigenvalue weighted by Gasteiger charge is 2.32. The number of carbonyl (C=O) groups is 1. The maximum atomic E-state index is 12.5. The number of pyridine rings is 1. The van der Waals surface area contributed by atoms with Crippen LogP contribution in [-0.4, -0.2) is 27.5 Å². The third-order valence-corrected chi connectivity index (χ3v) is 4.71. The highest BCUT2D eigenvalue weighted by Crippen LogP contribution is 2.34. The number of rotatable bonds is 4. The Balaban J connectivity index is 1.94. The van der Waals surface area contributed by atoms with Crippen LogP contribution < -0.4 is 0 Å². The first kappa shape index (κ1) is 14.7. The minimum atomic E-state index is -0.0408. The average Bonchev–Trinajstić information content (AvgIpc) is 3.13. The lowest BCUT2D eigenvalue weighted by atomic mass is 10.3. The van der Waals surface area contributed by atoms with E-state index in [0.717, 1.165) is 10.6 Å². The van der Waals surface area contributed by atoms with E-state index in [9.17, 15) is 4.79 Å². The zero-order chi connectivity index (χ0) is 15.4. The average molecular weight is 327 g/mol. The van der Waals surface area contributed by atoms with Crippen molar-refractivity contribution in [2.24, 2.45) is 4.99 Å². The molecule has 3 heterocycles. The fourth-order valence-corrected chi connectivity index (χ4v) is 3.65. The fraction of sp³-hybridized carbons (Fsp3) is 0.0625. The Morgan fingerprint density at radius 3 is 2.95 bits per heavy atom. The lowest BCUT2D eigenvalue weighted by Gasteiger charge is -2.12. The van der Waals surface area contributed by atoms with Crippen LogP contribution in [-0.2, 0) is 4.79 Å². The number of hydrogen-bond donors (Lipinski definition) is 0. The Hall–Kier alpha value is -2.18. The summed E-state index contributed by atoms with van der Waals surface area (Å²) in [5.74, 6) is -0.0408. The quantitative estimate of drug-likeness (QED) is 0.631. The van der Waals surface area contributed by atoms with Crippen molar-refractivity contribution in [1.29, 1.82) is 0 Å². The van der Waals surface area contributed by atoms with Crippen LogP contribution in [0, 0.1) is 0 Å². The van der Waals surface area contributed by atoms with E-state index in [1.165, 1.54) is 11.8 Å². The number of nitrogens with zero attached hydrogens (tertiary/aromatic N) is 3. The van der Waals surface area contributed by atoms with Crippen molar-refractivity contribution in [3.63, 3.8) is 0 Å². The lowest BCUT2D eigenvalue weighted by Crippen LogP contribution is -2.29. The molecular weight excluding hydrogens is 314 g/mol. The number of thioether (sulfide) groups is 1. The summed E-state index contributed by atoms with van der Waals surface area (Å²) in [5.41, 5.74) is 0.726. The van der Waals surface area contributed by atoms with E-state index in [1.54, 1.807) is 34.7 Å². The van der Waals surface area contributed by atoms with Gasteiger partial charge in [-0.05, 0) is 41.4 Å². The van der Waals surface area contributed by atoms with Gasteiger partial charge in [0.2, 0.25) is 0 Å². The number of carbonyl (C=O) groups excluding carboxylic acids is 1. The highest BCUT2D eigenvalue weighted by atomic mass is 32.2. The van der Waals surface area contributed by atoms with Gasteiger partial charge in [0.25, 0.3) is 5.91 Å². The Morgan fingerprint density at radius 1 is 1.36 bits per heavy atom. The summed E-state index contributed by atoms with van der Waals surface area (Å²) in [6.45, 7) is 4.15. The molecule has 110 valence electrons. The van der Waals surface area contributed by atoms with Crippen LogP contribution in [0.3, 0.4) is 0 Å². The first-order valence-corrected chi connectivity index (χ1v) is 8.32. The summed E-state index contributed by atoms with van der Waals surface area (Å²) in [5, 5.41) is 2.64. The molecule has 1 aliphatic heterocycles. The molecule has 0 bridgehead atoms. The van der Waals surface area contributed by atoms with Gasteiger partial charge in [-0.25, -0.2) is 4.99 Å². The second kappa shape index (κ2) is 6.72. The molecule has 1 fully saturated rings. The van der Waals surface area contributed by atoms with Gasteiger partial charge in [0.15, 0.2) is 5.17 Å². The van der Waals surface area contributed by atoms with Gasteiger partial charge in [-0.3, -0.25) is 14.7 Å². The summed E-state index contributed by atoms with van der Waals surface area (Å²) in [6.07, 6.45) is 6.97. The molecular formula is C16H13N3OS2. The second-order valence-corrected chi connectivity index (χ2v) is 6.42. The molecule has 0 aromatic carbocycles. The smallest absolute Gasteiger partial charge is 0.267 e. The van der Waals surface area contributed by atoms with Gasteiger partial charge in [0.05, 0.1) is 16.8 Å². The van der Waals surface area contributed by atoms with E-state index in [1.807, 2.05) is 35.7 Å². The molecule has 0 unspecified atom stereocenters. The predicted octanol–water partition coefficient (Wildman–Crippen LogP) is 3.93. The van der Waals surface area contributed by atoms with Crippen molar-refractivity contribution >= 4 is 45.9 Å². The monoisotopic (exact) mass is 327 g/mol. The number of hydrogen-bond acceptors (Lipinski definition) is 5. The largest absolute Gasteiger partial charge is 0.283 e. The molecule has 6 heteroatoms. The Bertz CT molecular complexity index is 736. The summed E-state index contributed by atoms with van der Waals surface area (Å²) in [7, 11) is 0. The molecule has 0 N–H and O–H groups in total. The third-order valence-electron chi connectivity index (χ3n) is 2.89. The van der Waals surface area contributed by atoms with Gasteiger partial charge >= 0.3 is 0 Å². The molecule has 1 aliphatic rings. The van der Waals surface area contributed by atoms with Gasteiger partial charge in [0.1, 0.15) is 0 Å². The number of thiophene rings is 1. The minimum absolute atomic E-state index is 0.0408. The molecule has 1 saturated heterocycles. The first-order valence-electron chi connectivity index (χ1n) is 6.62. The fourth-order valence-electron chi connectivity index (χ4n) is 1.91. The van der Waals surface area contributed by atoms with E-state index in [4.69, 9.17) is 0 Å². The molecule has 2 aromatic heterocycles. The van der Waals surface area contributed by atoms with Crippen LogP contribution >= 0.6 is 23.1 Å². The maximum Gasteiger partial charge on any atom is 0.267 e. The van der Waals surface area contributed by atoms with Crippen molar-refractivity contribution in [2.45, 2.75) is 0 Å². The lowest BCUT2D eigenvalue weighted by molar-refractivity contribution is -0.121. The molecule has 2 aromatic rings. The molecule has 22 heavy (non-hydrogen) atoms. The third kappa shape index (κ3) is 3.18. The number of aliphatic imine (C=N–C) groups is 1. The SMILES string of the molecule is C=CCN1C(=O)/C(=C\c2cccs2)SC1=Nc1cccnc1.